The van der Waals surface area contributed by atoms with Crippen molar-refractivity contribution in [3.05, 3.63) is 35.2 Å². The first-order valence-electron chi connectivity index (χ1n) is 7.41. The molecule has 1 aliphatic heterocycles. The summed E-state index contributed by atoms with van der Waals surface area (Å²) in [5.41, 5.74) is 0.681. The summed E-state index contributed by atoms with van der Waals surface area (Å²) in [6, 6.07) is 5.09. The second-order valence-corrected chi connectivity index (χ2v) is 5.66. The number of aromatic nitrogens is 1. The van der Waals surface area contributed by atoms with E-state index < -0.39 is 0 Å². The van der Waals surface area contributed by atoms with Crippen molar-refractivity contribution in [1.82, 2.24) is 4.98 Å². The standard InChI is InChI=1S/C16H18ClFN2O2/c17-13-5-6-20-16-12(13)3-4-14(15(16)18)19-7-9-21-10-11-2-1-8-22-11/h3-6,11,19H,1-2,7-10H2. The minimum atomic E-state index is -0.390. The van der Waals surface area contributed by atoms with Crippen LogP contribution in [0.2, 0.25) is 5.02 Å². The molecule has 1 aromatic heterocycles. The van der Waals surface area contributed by atoms with E-state index in [1.807, 2.05) is 0 Å². The Balaban J connectivity index is 1.54. The van der Waals surface area contributed by atoms with E-state index in [4.69, 9.17) is 21.1 Å². The van der Waals surface area contributed by atoms with Gasteiger partial charge in [0.05, 0.1) is 30.0 Å². The van der Waals surface area contributed by atoms with Gasteiger partial charge in [0.2, 0.25) is 0 Å². The number of nitrogens with one attached hydrogen (secondary N) is 1. The molecular formula is C16H18ClFN2O2. The molecule has 1 aromatic carbocycles. The maximum absolute atomic E-state index is 14.4. The van der Waals surface area contributed by atoms with Gasteiger partial charge in [0.25, 0.3) is 0 Å². The van der Waals surface area contributed by atoms with Crippen LogP contribution >= 0.6 is 11.6 Å². The number of ether oxygens (including phenoxy) is 2. The summed E-state index contributed by atoms with van der Waals surface area (Å²) in [7, 11) is 0. The first kappa shape index (κ1) is 15.5. The van der Waals surface area contributed by atoms with Crippen molar-refractivity contribution in [1.29, 1.82) is 0 Å². The van der Waals surface area contributed by atoms with Crippen LogP contribution in [0.3, 0.4) is 0 Å². The molecule has 1 fully saturated rings. The lowest BCUT2D eigenvalue weighted by molar-refractivity contribution is 0.0206. The zero-order valence-corrected chi connectivity index (χ0v) is 12.9. The molecule has 1 aliphatic rings. The van der Waals surface area contributed by atoms with Gasteiger partial charge in [-0.15, -0.1) is 0 Å². The number of benzene rings is 1. The number of pyridine rings is 1. The van der Waals surface area contributed by atoms with Gasteiger partial charge in [0.15, 0.2) is 5.82 Å². The van der Waals surface area contributed by atoms with E-state index in [-0.39, 0.29) is 17.4 Å². The smallest absolute Gasteiger partial charge is 0.172 e. The topological polar surface area (TPSA) is 43.4 Å². The van der Waals surface area contributed by atoms with Crippen LogP contribution in [0.1, 0.15) is 12.8 Å². The van der Waals surface area contributed by atoms with Crippen LogP contribution in [0.4, 0.5) is 10.1 Å². The van der Waals surface area contributed by atoms with Crippen molar-refractivity contribution in [3.8, 4) is 0 Å². The zero-order chi connectivity index (χ0) is 15.4. The van der Waals surface area contributed by atoms with Crippen LogP contribution in [-0.4, -0.2) is 37.5 Å². The van der Waals surface area contributed by atoms with Gasteiger partial charge in [-0.1, -0.05) is 11.6 Å². The summed E-state index contributed by atoms with van der Waals surface area (Å²) in [5.74, 6) is -0.390. The predicted molar refractivity (Wildman–Crippen MR) is 85.0 cm³/mol. The summed E-state index contributed by atoms with van der Waals surface area (Å²) in [4.78, 5) is 4.05. The molecule has 1 saturated heterocycles. The van der Waals surface area contributed by atoms with Gasteiger partial charge in [0, 0.05) is 24.7 Å². The fourth-order valence-electron chi connectivity index (χ4n) is 2.54. The highest BCUT2D eigenvalue weighted by Gasteiger charge is 2.15. The van der Waals surface area contributed by atoms with Crippen LogP contribution in [0.25, 0.3) is 10.9 Å². The molecule has 0 spiro atoms. The Kier molecular flexibility index (Phi) is 5.08. The Labute approximate surface area is 133 Å². The van der Waals surface area contributed by atoms with Crippen LogP contribution in [-0.2, 0) is 9.47 Å². The largest absolute Gasteiger partial charge is 0.380 e. The molecule has 0 aliphatic carbocycles. The van der Waals surface area contributed by atoms with Crippen LogP contribution in [0, 0.1) is 5.82 Å². The Morgan fingerprint density at radius 3 is 3.14 bits per heavy atom. The average molecular weight is 325 g/mol. The van der Waals surface area contributed by atoms with Gasteiger partial charge in [-0.3, -0.25) is 4.98 Å². The molecule has 0 bridgehead atoms. The van der Waals surface area contributed by atoms with Gasteiger partial charge in [0.1, 0.15) is 5.52 Å². The van der Waals surface area contributed by atoms with E-state index in [0.29, 0.717) is 35.9 Å². The number of fused-ring (bicyclic) bond motifs is 1. The summed E-state index contributed by atoms with van der Waals surface area (Å²) >= 11 is 6.03. The molecule has 2 aromatic rings. The predicted octanol–water partition coefficient (Wildman–Crippen LogP) is 3.63. The third-order valence-electron chi connectivity index (χ3n) is 3.69. The van der Waals surface area contributed by atoms with E-state index in [0.717, 1.165) is 19.4 Å². The van der Waals surface area contributed by atoms with E-state index in [1.54, 1.807) is 18.2 Å². The van der Waals surface area contributed by atoms with Crippen molar-refractivity contribution in [2.24, 2.45) is 0 Å². The number of anilines is 1. The molecule has 0 saturated carbocycles. The second kappa shape index (κ2) is 7.22. The molecule has 1 N–H and O–H groups in total. The molecule has 1 unspecified atom stereocenters. The Morgan fingerprint density at radius 2 is 2.32 bits per heavy atom. The first-order valence-corrected chi connectivity index (χ1v) is 7.79. The zero-order valence-electron chi connectivity index (χ0n) is 12.1. The quantitative estimate of drug-likeness (QED) is 0.824. The fourth-order valence-corrected chi connectivity index (χ4v) is 2.74. The Bertz CT molecular complexity index is 647. The summed E-state index contributed by atoms with van der Waals surface area (Å²) < 4.78 is 25.4. The van der Waals surface area contributed by atoms with Gasteiger partial charge in [-0.25, -0.2) is 4.39 Å². The molecule has 22 heavy (non-hydrogen) atoms. The number of nitrogens with zero attached hydrogens (tertiary/aromatic N) is 1. The minimum Gasteiger partial charge on any atom is -0.380 e. The third kappa shape index (κ3) is 3.48. The Morgan fingerprint density at radius 1 is 1.41 bits per heavy atom. The second-order valence-electron chi connectivity index (χ2n) is 5.25. The minimum absolute atomic E-state index is 0.212. The third-order valence-corrected chi connectivity index (χ3v) is 4.02. The highest BCUT2D eigenvalue weighted by Crippen LogP contribution is 2.27. The van der Waals surface area contributed by atoms with Crippen LogP contribution < -0.4 is 5.32 Å². The lowest BCUT2D eigenvalue weighted by Gasteiger charge is -2.12. The number of hydrogen-bond donors (Lipinski definition) is 1. The normalized spacial score (nSPS) is 18.0. The lowest BCUT2D eigenvalue weighted by atomic mass is 10.2. The van der Waals surface area contributed by atoms with Crippen molar-refractivity contribution in [2.45, 2.75) is 18.9 Å². The lowest BCUT2D eigenvalue weighted by Crippen LogP contribution is -2.18. The number of hydrogen-bond acceptors (Lipinski definition) is 4. The maximum Gasteiger partial charge on any atom is 0.172 e. The molecule has 1 atom stereocenters. The summed E-state index contributed by atoms with van der Waals surface area (Å²) in [5, 5.41) is 4.13. The first-order chi connectivity index (χ1) is 10.8. The maximum atomic E-state index is 14.4. The summed E-state index contributed by atoms with van der Waals surface area (Å²) in [6.45, 7) is 2.44. The van der Waals surface area contributed by atoms with E-state index in [2.05, 4.69) is 10.3 Å². The Hall–Kier alpha value is -1.43. The summed E-state index contributed by atoms with van der Waals surface area (Å²) in [6.07, 6.45) is 3.87. The molecule has 0 radical (unpaired) electrons. The number of halogens is 2. The molecule has 4 nitrogen and oxygen atoms in total. The molecule has 3 rings (SSSR count). The van der Waals surface area contributed by atoms with Gasteiger partial charge < -0.3 is 14.8 Å². The molecule has 6 heteroatoms. The van der Waals surface area contributed by atoms with Crippen molar-refractivity contribution in [3.63, 3.8) is 0 Å². The highest BCUT2D eigenvalue weighted by atomic mass is 35.5. The molecule has 2 heterocycles. The van der Waals surface area contributed by atoms with Crippen LogP contribution in [0.5, 0.6) is 0 Å². The highest BCUT2D eigenvalue weighted by molar-refractivity contribution is 6.35. The van der Waals surface area contributed by atoms with Crippen molar-refractivity contribution < 1.29 is 13.9 Å². The van der Waals surface area contributed by atoms with E-state index in [9.17, 15) is 4.39 Å². The fraction of sp³-hybridized carbons (Fsp3) is 0.438. The van der Waals surface area contributed by atoms with Gasteiger partial charge in [-0.2, -0.15) is 0 Å². The van der Waals surface area contributed by atoms with Gasteiger partial charge in [-0.05, 0) is 31.0 Å². The average Bonchev–Trinajstić information content (AvgIpc) is 3.03. The van der Waals surface area contributed by atoms with Crippen molar-refractivity contribution >= 4 is 28.2 Å². The number of rotatable bonds is 6. The monoisotopic (exact) mass is 324 g/mol. The van der Waals surface area contributed by atoms with Gasteiger partial charge >= 0.3 is 0 Å². The molecular weight excluding hydrogens is 307 g/mol. The van der Waals surface area contributed by atoms with E-state index >= 15 is 0 Å². The van der Waals surface area contributed by atoms with Crippen molar-refractivity contribution in [2.75, 3.05) is 31.7 Å². The SMILES string of the molecule is Fc1c(NCCOCC2CCCO2)ccc2c(Cl)ccnc12. The molecule has 118 valence electrons. The van der Waals surface area contributed by atoms with E-state index in [1.165, 1.54) is 6.20 Å². The molecule has 0 amide bonds. The van der Waals surface area contributed by atoms with Crippen LogP contribution in [0.15, 0.2) is 24.4 Å².